The number of rotatable bonds is 14. The monoisotopic (exact) mass is 522 g/mol. The standard InChI is InChI=1S/C34H35O3P/c1-3-33(25-29-17-9-5-10-18-29,26-30-19-11-6-12-20-30)36-38(35)37-34(4-2,27-31-21-13-7-14-22-31)28-32-23-15-8-16-24-32/h3-24,38H,1-2,25-28H2. The van der Waals surface area contributed by atoms with Gasteiger partial charge < -0.3 is 0 Å². The molecular formula is C34H35O3P. The molecule has 194 valence electrons. The van der Waals surface area contributed by atoms with Gasteiger partial charge in [0, 0.05) is 25.7 Å². The predicted molar refractivity (Wildman–Crippen MR) is 158 cm³/mol. The summed E-state index contributed by atoms with van der Waals surface area (Å²) in [5.41, 5.74) is 2.46. The van der Waals surface area contributed by atoms with Crippen molar-refractivity contribution in [3.63, 3.8) is 0 Å². The van der Waals surface area contributed by atoms with Crippen molar-refractivity contribution in [2.45, 2.75) is 36.9 Å². The molecule has 0 aliphatic rings. The topological polar surface area (TPSA) is 35.5 Å². The Morgan fingerprint density at radius 2 is 0.737 bits per heavy atom. The van der Waals surface area contributed by atoms with Gasteiger partial charge in [0.05, 0.1) is 0 Å². The van der Waals surface area contributed by atoms with E-state index in [2.05, 4.69) is 13.2 Å². The maximum absolute atomic E-state index is 13.8. The average molecular weight is 523 g/mol. The minimum absolute atomic E-state index is 0.518. The lowest BCUT2D eigenvalue weighted by Crippen LogP contribution is -2.37. The Kier molecular flexibility index (Phi) is 9.67. The number of hydrogen-bond acceptors (Lipinski definition) is 3. The summed E-state index contributed by atoms with van der Waals surface area (Å²) in [4.78, 5) is 0. The third-order valence-corrected chi connectivity index (χ3v) is 7.85. The second-order valence-electron chi connectivity index (χ2n) is 9.64. The predicted octanol–water partition coefficient (Wildman–Crippen LogP) is 8.23. The molecular weight excluding hydrogens is 487 g/mol. The highest BCUT2D eigenvalue weighted by Gasteiger charge is 2.36. The van der Waals surface area contributed by atoms with Gasteiger partial charge >= 0.3 is 8.25 Å². The van der Waals surface area contributed by atoms with Crippen LogP contribution in [-0.4, -0.2) is 11.2 Å². The van der Waals surface area contributed by atoms with Gasteiger partial charge in [-0.2, -0.15) is 0 Å². The minimum Gasteiger partial charge on any atom is -0.299 e. The molecule has 0 bridgehead atoms. The van der Waals surface area contributed by atoms with E-state index in [1.807, 2.05) is 121 Å². The zero-order valence-corrected chi connectivity index (χ0v) is 22.7. The highest BCUT2D eigenvalue weighted by atomic mass is 31.1. The first-order chi connectivity index (χ1) is 18.5. The third kappa shape index (κ3) is 7.76. The molecule has 3 nitrogen and oxygen atoms in total. The molecule has 0 N–H and O–H groups in total. The van der Waals surface area contributed by atoms with Crippen LogP contribution in [0.5, 0.6) is 0 Å². The summed E-state index contributed by atoms with van der Waals surface area (Å²) in [6.07, 6.45) is 5.61. The fraction of sp³-hybridized carbons (Fsp3) is 0.176. The lowest BCUT2D eigenvalue weighted by molar-refractivity contribution is 0.0558. The van der Waals surface area contributed by atoms with E-state index in [9.17, 15) is 4.57 Å². The minimum atomic E-state index is -3.00. The zero-order valence-electron chi connectivity index (χ0n) is 21.7. The average Bonchev–Trinajstić information content (AvgIpc) is 2.95. The van der Waals surface area contributed by atoms with E-state index in [4.69, 9.17) is 9.05 Å². The molecule has 0 amide bonds. The van der Waals surface area contributed by atoms with E-state index in [1.54, 1.807) is 12.2 Å². The first kappa shape index (κ1) is 27.5. The van der Waals surface area contributed by atoms with E-state index in [1.165, 1.54) is 0 Å². The molecule has 0 aliphatic carbocycles. The van der Waals surface area contributed by atoms with Crippen LogP contribution in [0, 0.1) is 0 Å². The van der Waals surface area contributed by atoms with Crippen molar-refractivity contribution in [2.24, 2.45) is 0 Å². The number of hydrogen-bond donors (Lipinski definition) is 0. The lowest BCUT2D eigenvalue weighted by atomic mass is 9.88. The van der Waals surface area contributed by atoms with Crippen molar-refractivity contribution < 1.29 is 13.6 Å². The van der Waals surface area contributed by atoms with Gasteiger partial charge in [-0.1, -0.05) is 133 Å². The highest BCUT2D eigenvalue weighted by Crippen LogP contribution is 2.42. The summed E-state index contributed by atoms with van der Waals surface area (Å²) < 4.78 is 26.6. The Hall–Kier alpha value is -3.49. The van der Waals surface area contributed by atoms with Crippen LogP contribution in [0.1, 0.15) is 22.3 Å². The molecule has 0 aromatic heterocycles. The van der Waals surface area contributed by atoms with E-state index in [0.29, 0.717) is 25.7 Å². The van der Waals surface area contributed by atoms with Crippen LogP contribution < -0.4 is 0 Å². The van der Waals surface area contributed by atoms with Crippen LogP contribution in [0.2, 0.25) is 0 Å². The summed E-state index contributed by atoms with van der Waals surface area (Å²) in [7, 11) is -3.00. The molecule has 0 heterocycles. The van der Waals surface area contributed by atoms with E-state index < -0.39 is 19.5 Å². The summed E-state index contributed by atoms with van der Waals surface area (Å²) >= 11 is 0. The Labute approximate surface area is 227 Å². The van der Waals surface area contributed by atoms with Gasteiger partial charge in [-0.15, -0.1) is 13.2 Å². The van der Waals surface area contributed by atoms with Crippen molar-refractivity contribution in [1.82, 2.24) is 0 Å². The van der Waals surface area contributed by atoms with Crippen LogP contribution in [0.25, 0.3) is 0 Å². The molecule has 4 aromatic carbocycles. The molecule has 0 fully saturated rings. The van der Waals surface area contributed by atoms with Gasteiger partial charge in [-0.05, 0) is 22.3 Å². The Balaban J connectivity index is 1.63. The Morgan fingerprint density at radius 1 is 0.500 bits per heavy atom. The van der Waals surface area contributed by atoms with E-state index in [0.717, 1.165) is 22.3 Å². The van der Waals surface area contributed by atoms with E-state index >= 15 is 0 Å². The van der Waals surface area contributed by atoms with Gasteiger partial charge in [-0.3, -0.25) is 13.6 Å². The summed E-state index contributed by atoms with van der Waals surface area (Å²) in [6, 6.07) is 40.2. The molecule has 38 heavy (non-hydrogen) atoms. The fourth-order valence-electron chi connectivity index (χ4n) is 4.76. The highest BCUT2D eigenvalue weighted by molar-refractivity contribution is 7.33. The third-order valence-electron chi connectivity index (χ3n) is 6.70. The van der Waals surface area contributed by atoms with Crippen LogP contribution in [0.4, 0.5) is 0 Å². The molecule has 0 saturated heterocycles. The second kappa shape index (κ2) is 13.3. The van der Waals surface area contributed by atoms with E-state index in [-0.39, 0.29) is 0 Å². The molecule has 0 spiro atoms. The summed E-state index contributed by atoms with van der Waals surface area (Å²) in [5.74, 6) is 0. The van der Waals surface area contributed by atoms with Gasteiger partial charge in [0.2, 0.25) is 0 Å². The molecule has 0 radical (unpaired) electrons. The Bertz CT molecular complexity index is 1120. The van der Waals surface area contributed by atoms with Gasteiger partial charge in [0.1, 0.15) is 11.2 Å². The summed E-state index contributed by atoms with van der Waals surface area (Å²) in [6.45, 7) is 8.21. The van der Waals surface area contributed by atoms with Crippen molar-refractivity contribution in [1.29, 1.82) is 0 Å². The zero-order chi connectivity index (χ0) is 26.7. The van der Waals surface area contributed by atoms with Gasteiger partial charge in [0.15, 0.2) is 0 Å². The van der Waals surface area contributed by atoms with Crippen LogP contribution in [0.15, 0.2) is 147 Å². The molecule has 4 aromatic rings. The molecule has 0 unspecified atom stereocenters. The molecule has 4 heteroatoms. The second-order valence-corrected chi connectivity index (χ2v) is 10.5. The van der Waals surface area contributed by atoms with Crippen molar-refractivity contribution in [2.75, 3.05) is 0 Å². The maximum Gasteiger partial charge on any atom is 0.320 e. The normalized spacial score (nSPS) is 11.8. The van der Waals surface area contributed by atoms with Crippen molar-refractivity contribution in [3.8, 4) is 0 Å². The number of benzene rings is 4. The first-order valence-corrected chi connectivity index (χ1v) is 14.1. The summed E-state index contributed by atoms with van der Waals surface area (Å²) in [5, 5.41) is 0. The molecule has 0 atom stereocenters. The van der Waals surface area contributed by atoms with Crippen LogP contribution in [-0.2, 0) is 39.3 Å². The van der Waals surface area contributed by atoms with Crippen molar-refractivity contribution in [3.05, 3.63) is 169 Å². The lowest BCUT2D eigenvalue weighted by Gasteiger charge is -2.35. The van der Waals surface area contributed by atoms with Gasteiger partial charge in [0.25, 0.3) is 0 Å². The molecule has 0 saturated carbocycles. The van der Waals surface area contributed by atoms with Crippen molar-refractivity contribution >= 4 is 8.25 Å². The smallest absolute Gasteiger partial charge is 0.299 e. The van der Waals surface area contributed by atoms with Crippen LogP contribution >= 0.6 is 8.25 Å². The first-order valence-electron chi connectivity index (χ1n) is 12.9. The fourth-order valence-corrected chi connectivity index (χ4v) is 5.92. The SMILES string of the molecule is C=CC(Cc1ccccc1)(Cc1ccccc1)O[PH](=O)OC(C=C)(Cc1ccccc1)Cc1ccccc1. The van der Waals surface area contributed by atoms with Crippen LogP contribution in [0.3, 0.4) is 0 Å². The quantitative estimate of drug-likeness (QED) is 0.124. The van der Waals surface area contributed by atoms with Gasteiger partial charge in [-0.25, -0.2) is 0 Å². The Morgan fingerprint density at radius 3 is 0.947 bits per heavy atom. The molecule has 4 rings (SSSR count). The molecule has 0 aliphatic heterocycles. The largest absolute Gasteiger partial charge is 0.320 e. The maximum atomic E-state index is 13.8.